The molecule has 0 amide bonds. The van der Waals surface area contributed by atoms with Gasteiger partial charge in [-0.2, -0.15) is 4.99 Å². The number of hydrogen-bond acceptors (Lipinski definition) is 4. The Morgan fingerprint density at radius 1 is 1.53 bits per heavy atom. The van der Waals surface area contributed by atoms with E-state index in [1.54, 1.807) is 18.4 Å². The topological polar surface area (TPSA) is 38.7 Å². The van der Waals surface area contributed by atoms with Crippen LogP contribution >= 0.6 is 11.8 Å². The molecule has 0 spiro atoms. The fourth-order valence-electron chi connectivity index (χ4n) is 1.90. The number of ether oxygens (including phenoxy) is 1. The lowest BCUT2D eigenvalue weighted by atomic mass is 10.0. The third-order valence-corrected chi connectivity index (χ3v) is 3.76. The molecule has 0 aromatic heterocycles. The van der Waals surface area contributed by atoms with Gasteiger partial charge < -0.3 is 4.74 Å². The lowest BCUT2D eigenvalue weighted by Crippen LogP contribution is -2.07. The maximum absolute atomic E-state index is 14.3. The van der Waals surface area contributed by atoms with Crippen LogP contribution in [-0.2, 0) is 10.3 Å². The predicted octanol–water partition coefficient (Wildman–Crippen LogP) is 2.88. The highest BCUT2D eigenvalue weighted by Gasteiger charge is 2.47. The number of halogens is 1. The van der Waals surface area contributed by atoms with Gasteiger partial charge in [0.15, 0.2) is 0 Å². The first-order valence-electron chi connectivity index (χ1n) is 5.18. The number of carbonyl (C=O) groups excluding carboxylic acids is 1. The van der Waals surface area contributed by atoms with Crippen LogP contribution in [0.5, 0.6) is 5.75 Å². The smallest absolute Gasteiger partial charge is 0.235 e. The molecular weight excluding hydrogens is 241 g/mol. The molecule has 0 saturated heterocycles. The van der Waals surface area contributed by atoms with E-state index in [0.717, 1.165) is 0 Å². The van der Waals surface area contributed by atoms with Crippen molar-refractivity contribution in [1.82, 2.24) is 0 Å². The molecule has 1 aliphatic rings. The second-order valence-corrected chi connectivity index (χ2v) is 4.71. The summed E-state index contributed by atoms with van der Waals surface area (Å²) in [4.78, 5) is 14.6. The van der Waals surface area contributed by atoms with Crippen molar-refractivity contribution < 1.29 is 13.9 Å². The van der Waals surface area contributed by atoms with Crippen LogP contribution in [0.25, 0.3) is 0 Å². The Balaban J connectivity index is 2.54. The van der Waals surface area contributed by atoms with E-state index in [2.05, 4.69) is 4.99 Å². The third-order valence-electron chi connectivity index (χ3n) is 2.97. The van der Waals surface area contributed by atoms with Crippen LogP contribution < -0.4 is 4.74 Å². The largest absolute Gasteiger partial charge is 0.495 e. The van der Waals surface area contributed by atoms with Gasteiger partial charge in [-0.1, -0.05) is 0 Å². The number of rotatable bonds is 4. The molecule has 1 aromatic rings. The van der Waals surface area contributed by atoms with Gasteiger partial charge in [0.1, 0.15) is 17.1 Å². The van der Waals surface area contributed by atoms with Crippen LogP contribution in [0.15, 0.2) is 22.0 Å². The highest BCUT2D eigenvalue weighted by molar-refractivity contribution is 7.98. The van der Waals surface area contributed by atoms with Gasteiger partial charge in [0, 0.05) is 5.56 Å². The lowest BCUT2D eigenvalue weighted by Gasteiger charge is -2.14. The summed E-state index contributed by atoms with van der Waals surface area (Å²) in [6.07, 6.45) is 4.71. The van der Waals surface area contributed by atoms with Gasteiger partial charge in [-0.3, -0.25) is 0 Å². The van der Waals surface area contributed by atoms with Crippen LogP contribution in [0.2, 0.25) is 0 Å². The Hall–Kier alpha value is -1.32. The number of methoxy groups -OCH3 is 1. The summed E-state index contributed by atoms with van der Waals surface area (Å²) < 4.78 is 19.4. The highest BCUT2D eigenvalue weighted by atomic mass is 32.2. The van der Waals surface area contributed by atoms with Gasteiger partial charge in [-0.05, 0) is 31.2 Å². The molecular formula is C12H12FNO2S. The average molecular weight is 253 g/mol. The van der Waals surface area contributed by atoms with Crippen molar-refractivity contribution in [3.05, 3.63) is 23.5 Å². The van der Waals surface area contributed by atoms with E-state index in [1.807, 2.05) is 0 Å². The van der Waals surface area contributed by atoms with Gasteiger partial charge in [-0.25, -0.2) is 9.18 Å². The fourth-order valence-corrected chi connectivity index (χ4v) is 2.54. The third kappa shape index (κ3) is 1.96. The maximum atomic E-state index is 14.3. The van der Waals surface area contributed by atoms with Gasteiger partial charge >= 0.3 is 0 Å². The van der Waals surface area contributed by atoms with Crippen molar-refractivity contribution in [2.24, 2.45) is 4.99 Å². The van der Waals surface area contributed by atoms with Gasteiger partial charge in [-0.15, -0.1) is 11.8 Å². The van der Waals surface area contributed by atoms with Crippen LogP contribution in [0, 0.1) is 5.82 Å². The van der Waals surface area contributed by atoms with Crippen molar-refractivity contribution >= 4 is 17.8 Å². The molecule has 0 heterocycles. The van der Waals surface area contributed by atoms with E-state index in [4.69, 9.17) is 4.74 Å². The summed E-state index contributed by atoms with van der Waals surface area (Å²) in [7, 11) is 1.50. The molecule has 0 bridgehead atoms. The zero-order valence-corrected chi connectivity index (χ0v) is 10.4. The van der Waals surface area contributed by atoms with Crippen molar-refractivity contribution in [1.29, 1.82) is 0 Å². The quantitative estimate of drug-likeness (QED) is 0.470. The van der Waals surface area contributed by atoms with Crippen molar-refractivity contribution in [3.8, 4) is 5.75 Å². The molecule has 2 rings (SSSR count). The Morgan fingerprint density at radius 2 is 2.24 bits per heavy atom. The normalized spacial score (nSPS) is 16.2. The predicted molar refractivity (Wildman–Crippen MR) is 63.8 cm³/mol. The molecule has 0 unspecified atom stereocenters. The van der Waals surface area contributed by atoms with E-state index in [-0.39, 0.29) is 5.82 Å². The average Bonchev–Trinajstić information content (AvgIpc) is 3.09. The van der Waals surface area contributed by atoms with Crippen LogP contribution in [0.3, 0.4) is 0 Å². The number of hydrogen-bond donors (Lipinski definition) is 0. The monoisotopic (exact) mass is 253 g/mol. The molecule has 1 saturated carbocycles. The Kier molecular flexibility index (Phi) is 3.22. The number of thioether (sulfide) groups is 1. The molecule has 0 N–H and O–H groups in total. The molecule has 1 aromatic carbocycles. The summed E-state index contributed by atoms with van der Waals surface area (Å²) in [5, 5.41) is 0. The first-order valence-corrected chi connectivity index (χ1v) is 6.41. The standard InChI is InChI=1S/C12H12FNO2S/c1-16-9-4-3-8(10(13)11(9)17-2)12(5-6-12)14-7-15/h3-4H,5-6H2,1-2H3. The molecule has 17 heavy (non-hydrogen) atoms. The molecule has 3 nitrogen and oxygen atoms in total. The Labute approximate surface area is 103 Å². The van der Waals surface area contributed by atoms with E-state index >= 15 is 0 Å². The molecule has 5 heteroatoms. The molecule has 0 radical (unpaired) electrons. The van der Waals surface area contributed by atoms with Crippen LogP contribution in [0.4, 0.5) is 4.39 Å². The number of isocyanates is 1. The van der Waals surface area contributed by atoms with Gasteiger partial charge in [0.05, 0.1) is 12.0 Å². The van der Waals surface area contributed by atoms with E-state index in [0.29, 0.717) is 29.1 Å². The number of benzene rings is 1. The van der Waals surface area contributed by atoms with Gasteiger partial charge in [0.2, 0.25) is 6.08 Å². The lowest BCUT2D eigenvalue weighted by molar-refractivity contribution is 0.395. The second kappa shape index (κ2) is 4.51. The first kappa shape index (κ1) is 12.1. The molecule has 90 valence electrons. The second-order valence-electron chi connectivity index (χ2n) is 3.90. The number of aliphatic imine (C=N–C) groups is 1. The van der Waals surface area contributed by atoms with Crippen LogP contribution in [0.1, 0.15) is 18.4 Å². The number of nitrogens with zero attached hydrogens (tertiary/aromatic N) is 1. The molecule has 1 aliphatic carbocycles. The summed E-state index contributed by atoms with van der Waals surface area (Å²) in [6.45, 7) is 0. The summed E-state index contributed by atoms with van der Waals surface area (Å²) in [6, 6.07) is 3.35. The summed E-state index contributed by atoms with van der Waals surface area (Å²) in [5.41, 5.74) is -0.214. The maximum Gasteiger partial charge on any atom is 0.235 e. The minimum Gasteiger partial charge on any atom is -0.495 e. The molecule has 1 fully saturated rings. The Bertz CT molecular complexity index is 494. The molecule has 0 atom stereocenters. The molecule has 0 aliphatic heterocycles. The zero-order chi connectivity index (χ0) is 12.5. The fraction of sp³-hybridized carbons (Fsp3) is 0.417. The van der Waals surface area contributed by atoms with Crippen LogP contribution in [-0.4, -0.2) is 19.4 Å². The van der Waals surface area contributed by atoms with Crippen molar-refractivity contribution in [3.63, 3.8) is 0 Å². The minimum atomic E-state index is -0.678. The minimum absolute atomic E-state index is 0.339. The van der Waals surface area contributed by atoms with Crippen molar-refractivity contribution in [2.45, 2.75) is 23.3 Å². The zero-order valence-electron chi connectivity index (χ0n) is 9.62. The first-order chi connectivity index (χ1) is 8.18. The Morgan fingerprint density at radius 3 is 2.71 bits per heavy atom. The highest BCUT2D eigenvalue weighted by Crippen LogP contribution is 2.51. The van der Waals surface area contributed by atoms with E-state index < -0.39 is 5.54 Å². The summed E-state index contributed by atoms with van der Waals surface area (Å²) >= 11 is 1.28. The summed E-state index contributed by atoms with van der Waals surface area (Å²) in [5.74, 6) is 0.165. The van der Waals surface area contributed by atoms with E-state index in [1.165, 1.54) is 25.0 Å². The van der Waals surface area contributed by atoms with Crippen molar-refractivity contribution in [2.75, 3.05) is 13.4 Å². The SMILES string of the molecule is COc1ccc(C2(N=C=O)CC2)c(F)c1SC. The van der Waals surface area contributed by atoms with Gasteiger partial charge in [0.25, 0.3) is 0 Å². The van der Waals surface area contributed by atoms with E-state index in [9.17, 15) is 9.18 Å².